The minimum Gasteiger partial charge on any atom is -0.464 e. The van der Waals surface area contributed by atoms with Crippen LogP contribution in [-0.2, 0) is 14.4 Å². The summed E-state index contributed by atoms with van der Waals surface area (Å²) in [5.41, 5.74) is 2.12. The fourth-order valence-electron chi connectivity index (χ4n) is 4.94. The minimum atomic E-state index is -0.412. The van der Waals surface area contributed by atoms with Crippen LogP contribution >= 0.6 is 0 Å². The van der Waals surface area contributed by atoms with E-state index in [2.05, 4.69) is 15.5 Å². The molecule has 1 unspecified atom stereocenters. The van der Waals surface area contributed by atoms with Crippen LogP contribution in [0.5, 0.6) is 0 Å². The number of hydrogen-bond acceptors (Lipinski definition) is 5. The molecule has 1 aromatic carbocycles. The van der Waals surface area contributed by atoms with Crippen LogP contribution in [0.2, 0.25) is 0 Å². The number of nitrogens with zero attached hydrogens (tertiary/aromatic N) is 1. The summed E-state index contributed by atoms with van der Waals surface area (Å²) in [4.78, 5) is 38.7. The fraction of sp³-hybridized carbons (Fsp3) is 0.577. The van der Waals surface area contributed by atoms with E-state index in [4.69, 9.17) is 4.42 Å². The third kappa shape index (κ3) is 6.44. The number of fused-ring (bicyclic) bond motifs is 1. The maximum absolute atomic E-state index is 12.4. The van der Waals surface area contributed by atoms with Crippen LogP contribution in [0.15, 0.2) is 28.9 Å². The Morgan fingerprint density at radius 3 is 2.67 bits per heavy atom. The Morgan fingerprint density at radius 2 is 1.85 bits per heavy atom. The number of anilines is 1. The maximum Gasteiger partial charge on any atom is 0.234 e. The first kappa shape index (κ1) is 23.5. The van der Waals surface area contributed by atoms with Gasteiger partial charge < -0.3 is 14.6 Å². The molecule has 3 heterocycles. The monoisotopic (exact) mass is 453 g/mol. The molecule has 3 amide bonds. The second-order valence-corrected chi connectivity index (χ2v) is 9.37. The number of amides is 3. The average Bonchev–Trinajstić information content (AvgIpc) is 3.22. The molecule has 7 heteroatoms. The molecule has 2 aliphatic rings. The number of nitrogens with one attached hydrogen (secondary N) is 2. The Kier molecular flexibility index (Phi) is 8.15. The Morgan fingerprint density at radius 1 is 1.06 bits per heavy atom. The Balaban J connectivity index is 1.20. The van der Waals surface area contributed by atoms with Crippen molar-refractivity contribution in [2.45, 2.75) is 76.5 Å². The largest absolute Gasteiger partial charge is 0.464 e. The Bertz CT molecular complexity index is 977. The number of rotatable bonds is 10. The zero-order chi connectivity index (χ0) is 23.0. The molecule has 33 heavy (non-hydrogen) atoms. The van der Waals surface area contributed by atoms with Gasteiger partial charge in [-0.3, -0.25) is 19.7 Å². The number of benzene rings is 1. The van der Waals surface area contributed by atoms with Gasteiger partial charge in [0.1, 0.15) is 5.58 Å². The molecule has 2 saturated heterocycles. The third-order valence-corrected chi connectivity index (χ3v) is 6.83. The molecule has 2 fully saturated rings. The number of piperidine rings is 2. The summed E-state index contributed by atoms with van der Waals surface area (Å²) in [7, 11) is 0. The van der Waals surface area contributed by atoms with Crippen molar-refractivity contribution < 1.29 is 18.8 Å². The highest BCUT2D eigenvalue weighted by Crippen LogP contribution is 2.34. The maximum atomic E-state index is 12.4. The van der Waals surface area contributed by atoms with Gasteiger partial charge in [-0.1, -0.05) is 25.7 Å². The summed E-state index contributed by atoms with van der Waals surface area (Å²) >= 11 is 0. The first-order valence-electron chi connectivity index (χ1n) is 12.5. The molecule has 0 spiro atoms. The molecule has 2 N–H and O–H groups in total. The van der Waals surface area contributed by atoms with Crippen molar-refractivity contribution in [3.63, 3.8) is 0 Å². The van der Waals surface area contributed by atoms with E-state index >= 15 is 0 Å². The van der Waals surface area contributed by atoms with Crippen LogP contribution in [0, 0.1) is 0 Å². The van der Waals surface area contributed by atoms with Gasteiger partial charge >= 0.3 is 0 Å². The topological polar surface area (TPSA) is 91.7 Å². The lowest BCUT2D eigenvalue weighted by atomic mass is 9.90. The van der Waals surface area contributed by atoms with Crippen molar-refractivity contribution in [2.75, 3.05) is 25.0 Å². The number of carbonyl (C=O) groups excluding carboxylic acids is 3. The van der Waals surface area contributed by atoms with Crippen molar-refractivity contribution in [1.82, 2.24) is 10.2 Å². The summed E-state index contributed by atoms with van der Waals surface area (Å²) in [6.07, 6.45) is 12.6. The van der Waals surface area contributed by atoms with Crippen molar-refractivity contribution in [3.05, 3.63) is 30.0 Å². The second kappa shape index (κ2) is 11.5. The number of hydrogen-bond donors (Lipinski definition) is 2. The summed E-state index contributed by atoms with van der Waals surface area (Å²) in [5, 5.41) is 6.17. The Labute approximate surface area is 195 Å². The van der Waals surface area contributed by atoms with Crippen LogP contribution in [0.25, 0.3) is 11.0 Å². The molecule has 4 rings (SSSR count). The van der Waals surface area contributed by atoms with Gasteiger partial charge in [-0.2, -0.15) is 0 Å². The van der Waals surface area contributed by atoms with Crippen molar-refractivity contribution in [2.24, 2.45) is 0 Å². The molecule has 7 nitrogen and oxygen atoms in total. The molecular weight excluding hydrogens is 418 g/mol. The molecule has 1 atom stereocenters. The van der Waals surface area contributed by atoms with Crippen molar-refractivity contribution >= 4 is 34.4 Å². The van der Waals surface area contributed by atoms with Gasteiger partial charge in [0.25, 0.3) is 0 Å². The molecule has 1 aromatic heterocycles. The van der Waals surface area contributed by atoms with Gasteiger partial charge in [-0.25, -0.2) is 0 Å². The standard InChI is InChI=1S/C26H35N3O4/c30-24(9-5-2-1-3-6-14-29-15-7-4-8-16-29)27-19-10-12-23-21(17-19)22(18-33-23)20-11-13-25(31)28-26(20)32/h10,12,17-18,20H,1-9,11,13-16H2,(H,27,30)(H,28,31,32). The zero-order valence-electron chi connectivity index (χ0n) is 19.4. The number of furan rings is 1. The van der Waals surface area contributed by atoms with Crippen LogP contribution in [-0.4, -0.2) is 42.3 Å². The SMILES string of the molecule is O=C1CCC(c2coc3ccc(NC(=O)CCCCCCCN4CCCCC4)cc23)C(=O)N1. The van der Waals surface area contributed by atoms with E-state index in [1.165, 1.54) is 58.2 Å². The predicted octanol–water partition coefficient (Wildman–Crippen LogP) is 4.72. The lowest BCUT2D eigenvalue weighted by Crippen LogP contribution is -2.39. The molecule has 2 aromatic rings. The van der Waals surface area contributed by atoms with E-state index in [-0.39, 0.29) is 17.7 Å². The highest BCUT2D eigenvalue weighted by atomic mass is 16.3. The van der Waals surface area contributed by atoms with Gasteiger partial charge in [0.15, 0.2) is 0 Å². The summed E-state index contributed by atoms with van der Waals surface area (Å²) in [5.74, 6) is -0.933. The lowest BCUT2D eigenvalue weighted by molar-refractivity contribution is -0.134. The number of likely N-dealkylation sites (tertiary alicyclic amines) is 1. The van der Waals surface area contributed by atoms with Crippen LogP contribution in [0.1, 0.15) is 82.1 Å². The fourth-order valence-corrected chi connectivity index (χ4v) is 4.94. The molecule has 0 bridgehead atoms. The van der Waals surface area contributed by atoms with E-state index in [1.807, 2.05) is 18.2 Å². The lowest BCUT2D eigenvalue weighted by Gasteiger charge is -2.26. The summed E-state index contributed by atoms with van der Waals surface area (Å²) < 4.78 is 5.61. The van der Waals surface area contributed by atoms with Gasteiger partial charge in [-0.05, 0) is 69.9 Å². The van der Waals surface area contributed by atoms with Crippen molar-refractivity contribution in [1.29, 1.82) is 0 Å². The van der Waals surface area contributed by atoms with E-state index in [9.17, 15) is 14.4 Å². The van der Waals surface area contributed by atoms with E-state index in [0.29, 0.717) is 30.5 Å². The quantitative estimate of drug-likeness (QED) is 0.401. The average molecular weight is 454 g/mol. The zero-order valence-corrected chi connectivity index (χ0v) is 19.4. The van der Waals surface area contributed by atoms with E-state index in [0.717, 1.165) is 23.8 Å². The molecular formula is C26H35N3O4. The highest BCUT2D eigenvalue weighted by Gasteiger charge is 2.30. The molecule has 178 valence electrons. The summed E-state index contributed by atoms with van der Waals surface area (Å²) in [6.45, 7) is 3.75. The molecule has 0 radical (unpaired) electrons. The highest BCUT2D eigenvalue weighted by molar-refractivity contribution is 6.03. The van der Waals surface area contributed by atoms with E-state index in [1.54, 1.807) is 6.26 Å². The van der Waals surface area contributed by atoms with E-state index < -0.39 is 5.92 Å². The van der Waals surface area contributed by atoms with Gasteiger partial charge in [0.05, 0.1) is 12.2 Å². The second-order valence-electron chi connectivity index (χ2n) is 9.37. The summed E-state index contributed by atoms with van der Waals surface area (Å²) in [6, 6.07) is 5.48. The van der Waals surface area contributed by atoms with Crippen molar-refractivity contribution in [3.8, 4) is 0 Å². The number of carbonyl (C=O) groups is 3. The number of unbranched alkanes of at least 4 members (excludes halogenated alkanes) is 4. The first-order valence-corrected chi connectivity index (χ1v) is 12.5. The smallest absolute Gasteiger partial charge is 0.234 e. The predicted molar refractivity (Wildman–Crippen MR) is 128 cm³/mol. The molecule has 0 saturated carbocycles. The van der Waals surface area contributed by atoms with Gasteiger partial charge in [-0.15, -0.1) is 0 Å². The van der Waals surface area contributed by atoms with Crippen LogP contribution in [0.3, 0.4) is 0 Å². The van der Waals surface area contributed by atoms with Crippen LogP contribution in [0.4, 0.5) is 5.69 Å². The minimum absolute atomic E-state index is 0.00807. The Hall–Kier alpha value is -2.67. The molecule has 0 aliphatic carbocycles. The van der Waals surface area contributed by atoms with Gasteiger partial charge in [0.2, 0.25) is 17.7 Å². The normalized spacial score (nSPS) is 19.6. The first-order chi connectivity index (χ1) is 16.1. The third-order valence-electron chi connectivity index (χ3n) is 6.83. The van der Waals surface area contributed by atoms with Gasteiger partial charge in [0, 0.05) is 29.5 Å². The van der Waals surface area contributed by atoms with Crippen LogP contribution < -0.4 is 10.6 Å². The number of imide groups is 1. The molecule has 2 aliphatic heterocycles.